The van der Waals surface area contributed by atoms with E-state index in [-0.39, 0.29) is 18.5 Å². The molecule has 0 radical (unpaired) electrons. The van der Waals surface area contributed by atoms with Crippen molar-refractivity contribution in [1.82, 2.24) is 0 Å². The number of thiophene rings is 1. The van der Waals surface area contributed by atoms with Crippen LogP contribution in [0.3, 0.4) is 0 Å². The van der Waals surface area contributed by atoms with Crippen molar-refractivity contribution in [3.8, 4) is 5.75 Å². The lowest BCUT2D eigenvalue weighted by Gasteiger charge is -2.18. The van der Waals surface area contributed by atoms with E-state index in [2.05, 4.69) is 28.2 Å². The molecule has 7 heteroatoms. The first-order valence-electron chi connectivity index (χ1n) is 9.39. The van der Waals surface area contributed by atoms with Gasteiger partial charge in [-0.3, -0.25) is 4.79 Å². The predicted octanol–water partition coefficient (Wildman–Crippen LogP) is 5.14. The highest BCUT2D eigenvalue weighted by Gasteiger charge is 2.29. The minimum atomic E-state index is -0.368. The van der Waals surface area contributed by atoms with Crippen LogP contribution in [0, 0.1) is 12.8 Å². The Bertz CT molecular complexity index is 893. The van der Waals surface area contributed by atoms with Gasteiger partial charge >= 0.3 is 5.97 Å². The summed E-state index contributed by atoms with van der Waals surface area (Å²) in [5.74, 6) is 0.509. The van der Waals surface area contributed by atoms with Gasteiger partial charge in [0.1, 0.15) is 10.8 Å². The molecule has 0 spiro atoms. The Morgan fingerprint density at radius 3 is 2.86 bits per heavy atom. The lowest BCUT2D eigenvalue weighted by atomic mass is 9.88. The molecule has 3 rings (SSSR count). The summed E-state index contributed by atoms with van der Waals surface area (Å²) in [5, 5.41) is 3.43. The molecule has 150 valence electrons. The van der Waals surface area contributed by atoms with Crippen LogP contribution in [0.4, 0.5) is 5.00 Å². The molecule has 1 atom stereocenters. The number of carbonyl (C=O) groups excluding carboxylic acids is 2. The van der Waals surface area contributed by atoms with E-state index in [0.717, 1.165) is 34.9 Å². The van der Waals surface area contributed by atoms with Crippen LogP contribution in [-0.4, -0.2) is 25.1 Å². The molecule has 0 saturated carbocycles. The minimum absolute atomic E-state index is 0.136. The Morgan fingerprint density at radius 2 is 2.14 bits per heavy atom. The Balaban J connectivity index is 1.75. The minimum Gasteiger partial charge on any atom is -0.483 e. The van der Waals surface area contributed by atoms with Gasteiger partial charge in [0.2, 0.25) is 0 Å². The zero-order valence-electron chi connectivity index (χ0n) is 16.3. The van der Waals surface area contributed by atoms with Crippen LogP contribution in [0.25, 0.3) is 0 Å². The maximum atomic E-state index is 12.5. The number of ether oxygens (including phenoxy) is 2. The summed E-state index contributed by atoms with van der Waals surface area (Å²) in [5.41, 5.74) is 2.64. The van der Waals surface area contributed by atoms with Gasteiger partial charge < -0.3 is 14.8 Å². The number of fused-ring (bicyclic) bond motifs is 1. The standard InChI is InChI=1S/C21H24BrNO4S/c1-4-26-21(25)19-14-7-5-13(3)10-17(14)28-20(19)23-18(24)11-27-16-8-6-12(2)9-15(16)22/h6,8-9,13H,4-5,7,10-11H2,1-3H3,(H,23,24)/t13-/m1/s1. The molecule has 1 N–H and O–H groups in total. The first-order valence-corrected chi connectivity index (χ1v) is 11.0. The molecule has 0 fully saturated rings. The number of nitrogens with one attached hydrogen (secondary N) is 1. The lowest BCUT2D eigenvalue weighted by molar-refractivity contribution is -0.118. The van der Waals surface area contributed by atoms with Crippen LogP contribution >= 0.6 is 27.3 Å². The SMILES string of the molecule is CCOC(=O)c1c(NC(=O)COc2ccc(C)cc2Br)sc2c1CC[C@@H](C)C2. The van der Waals surface area contributed by atoms with E-state index < -0.39 is 0 Å². The highest BCUT2D eigenvalue weighted by molar-refractivity contribution is 9.10. The number of aryl methyl sites for hydroxylation is 1. The molecule has 1 aliphatic carbocycles. The second kappa shape index (κ2) is 9.09. The average molecular weight is 466 g/mol. The largest absolute Gasteiger partial charge is 0.483 e. The zero-order chi connectivity index (χ0) is 20.3. The van der Waals surface area contributed by atoms with Gasteiger partial charge in [0, 0.05) is 4.88 Å². The molecule has 0 unspecified atom stereocenters. The molecule has 1 aromatic heterocycles. The zero-order valence-corrected chi connectivity index (χ0v) is 18.7. The van der Waals surface area contributed by atoms with Gasteiger partial charge in [-0.15, -0.1) is 11.3 Å². The number of benzene rings is 1. The van der Waals surface area contributed by atoms with Gasteiger partial charge in [0.15, 0.2) is 6.61 Å². The third-order valence-electron chi connectivity index (χ3n) is 4.69. The van der Waals surface area contributed by atoms with Crippen LogP contribution < -0.4 is 10.1 Å². The summed E-state index contributed by atoms with van der Waals surface area (Å²) in [7, 11) is 0. The topological polar surface area (TPSA) is 64.6 Å². The summed E-state index contributed by atoms with van der Waals surface area (Å²) in [6, 6.07) is 5.67. The maximum absolute atomic E-state index is 12.5. The molecule has 5 nitrogen and oxygen atoms in total. The number of anilines is 1. The molecule has 1 aromatic carbocycles. The maximum Gasteiger partial charge on any atom is 0.341 e. The first-order chi connectivity index (χ1) is 13.4. The number of hydrogen-bond donors (Lipinski definition) is 1. The van der Waals surface area contributed by atoms with Crippen LogP contribution in [0.5, 0.6) is 5.75 Å². The van der Waals surface area contributed by atoms with Crippen molar-refractivity contribution in [3.63, 3.8) is 0 Å². The van der Waals surface area contributed by atoms with E-state index >= 15 is 0 Å². The van der Waals surface area contributed by atoms with Gasteiger partial charge in [0.05, 0.1) is 16.6 Å². The van der Waals surface area contributed by atoms with Gasteiger partial charge in [-0.1, -0.05) is 13.0 Å². The number of amides is 1. The third-order valence-corrected chi connectivity index (χ3v) is 6.48. The second-order valence-electron chi connectivity index (χ2n) is 7.05. The van der Waals surface area contributed by atoms with Crippen molar-refractivity contribution in [3.05, 3.63) is 44.2 Å². The van der Waals surface area contributed by atoms with E-state index in [1.54, 1.807) is 6.92 Å². The summed E-state index contributed by atoms with van der Waals surface area (Å²) in [6.45, 7) is 6.14. The van der Waals surface area contributed by atoms with Crippen LogP contribution in [0.1, 0.15) is 46.6 Å². The monoisotopic (exact) mass is 465 g/mol. The van der Waals surface area contributed by atoms with Crippen molar-refractivity contribution in [2.24, 2.45) is 5.92 Å². The van der Waals surface area contributed by atoms with E-state index in [1.165, 1.54) is 16.2 Å². The number of halogens is 1. The van der Waals surface area contributed by atoms with E-state index in [0.29, 0.717) is 28.8 Å². The molecule has 0 saturated heterocycles. The molecular formula is C21H24BrNO4S. The summed E-state index contributed by atoms with van der Waals surface area (Å²) in [6.07, 6.45) is 2.80. The Hall–Kier alpha value is -1.86. The second-order valence-corrected chi connectivity index (χ2v) is 9.01. The van der Waals surface area contributed by atoms with Gasteiger partial charge in [0.25, 0.3) is 5.91 Å². The molecule has 1 aliphatic rings. The molecule has 28 heavy (non-hydrogen) atoms. The number of rotatable bonds is 6. The van der Waals surface area contributed by atoms with Crippen LogP contribution in [0.2, 0.25) is 0 Å². The molecule has 0 bridgehead atoms. The van der Waals surface area contributed by atoms with Crippen molar-refractivity contribution in [1.29, 1.82) is 0 Å². The summed E-state index contributed by atoms with van der Waals surface area (Å²) in [4.78, 5) is 26.2. The smallest absolute Gasteiger partial charge is 0.341 e. The predicted molar refractivity (Wildman–Crippen MR) is 114 cm³/mol. The quantitative estimate of drug-likeness (QED) is 0.599. The van der Waals surface area contributed by atoms with E-state index in [9.17, 15) is 9.59 Å². The van der Waals surface area contributed by atoms with E-state index in [4.69, 9.17) is 9.47 Å². The molecule has 1 heterocycles. The fourth-order valence-electron chi connectivity index (χ4n) is 3.29. The van der Waals surface area contributed by atoms with Gasteiger partial charge in [-0.05, 0) is 78.2 Å². The Labute approximate surface area is 177 Å². The Morgan fingerprint density at radius 1 is 1.36 bits per heavy atom. The highest BCUT2D eigenvalue weighted by atomic mass is 79.9. The number of carbonyl (C=O) groups is 2. The average Bonchev–Trinajstić information content (AvgIpc) is 2.97. The number of esters is 1. The molecular weight excluding hydrogens is 442 g/mol. The normalized spacial score (nSPS) is 15.6. The third kappa shape index (κ3) is 4.75. The molecule has 2 aromatic rings. The highest BCUT2D eigenvalue weighted by Crippen LogP contribution is 2.40. The van der Waals surface area contributed by atoms with Crippen molar-refractivity contribution in [2.45, 2.75) is 40.0 Å². The molecule has 1 amide bonds. The van der Waals surface area contributed by atoms with Gasteiger partial charge in [-0.2, -0.15) is 0 Å². The first kappa shape index (κ1) is 20.9. The van der Waals surface area contributed by atoms with E-state index in [1.807, 2.05) is 25.1 Å². The van der Waals surface area contributed by atoms with Crippen molar-refractivity contribution < 1.29 is 19.1 Å². The van der Waals surface area contributed by atoms with Crippen LogP contribution in [-0.2, 0) is 22.4 Å². The fourth-order valence-corrected chi connectivity index (χ4v) is 5.31. The summed E-state index contributed by atoms with van der Waals surface area (Å²) < 4.78 is 11.7. The van der Waals surface area contributed by atoms with Crippen molar-refractivity contribution >= 4 is 44.1 Å². The number of hydrogen-bond acceptors (Lipinski definition) is 5. The molecule has 0 aliphatic heterocycles. The Kier molecular flexibility index (Phi) is 6.78. The lowest BCUT2D eigenvalue weighted by Crippen LogP contribution is -2.21. The summed E-state index contributed by atoms with van der Waals surface area (Å²) >= 11 is 4.92. The van der Waals surface area contributed by atoms with Crippen molar-refractivity contribution in [2.75, 3.05) is 18.5 Å². The van der Waals surface area contributed by atoms with Gasteiger partial charge in [-0.25, -0.2) is 4.79 Å². The fraction of sp³-hybridized carbons (Fsp3) is 0.429. The van der Waals surface area contributed by atoms with Crippen LogP contribution in [0.15, 0.2) is 22.7 Å².